The summed E-state index contributed by atoms with van der Waals surface area (Å²) in [6.07, 6.45) is 10.2. The van der Waals surface area contributed by atoms with Crippen LogP contribution in [0.25, 0.3) is 22.6 Å². The maximum atomic E-state index is 14.7. The first-order chi connectivity index (χ1) is 17.8. The van der Waals surface area contributed by atoms with Crippen LogP contribution in [0.2, 0.25) is 0 Å². The van der Waals surface area contributed by atoms with Crippen LogP contribution in [0.4, 0.5) is 10.2 Å². The smallest absolute Gasteiger partial charge is 0.254 e. The fourth-order valence-corrected chi connectivity index (χ4v) is 4.09. The topological polar surface area (TPSA) is 89.1 Å². The van der Waals surface area contributed by atoms with Gasteiger partial charge in [-0.15, -0.1) is 11.5 Å². The Kier molecular flexibility index (Phi) is 7.41. The first kappa shape index (κ1) is 25.7. The minimum atomic E-state index is -0.667. The van der Waals surface area contributed by atoms with Crippen LogP contribution in [0, 0.1) is 19.3 Å². The summed E-state index contributed by atoms with van der Waals surface area (Å²) in [5.74, 6) is 2.30. The predicted octanol–water partition coefficient (Wildman–Crippen LogP) is 5.05. The van der Waals surface area contributed by atoms with Crippen molar-refractivity contribution in [1.82, 2.24) is 29.7 Å². The summed E-state index contributed by atoms with van der Waals surface area (Å²) in [6.45, 7) is 5.39. The maximum Gasteiger partial charge on any atom is 0.254 e. The standard InChI is InChI=1S/C27H25ClFN7O/c1-6-19(26(29)21(28)7-2)17(4)33-24-14-22(36(34-24)25-10-8-9-16(3)32-25)18-11-12-35-23(13-18)20(15-31-35)27(37)30-5/h2,6,8-15,17H,1,3-5H3,(H,30,37)(H,33,34)/b19-6-,26-21-. The number of anilines is 1. The molecule has 0 bridgehead atoms. The molecule has 1 amide bonds. The molecule has 0 aliphatic carbocycles. The molecule has 0 spiro atoms. The molecule has 0 radical (unpaired) electrons. The molecule has 188 valence electrons. The van der Waals surface area contributed by atoms with E-state index >= 15 is 0 Å². The lowest BCUT2D eigenvalue weighted by Gasteiger charge is -2.16. The number of hydrogen-bond donors (Lipinski definition) is 2. The summed E-state index contributed by atoms with van der Waals surface area (Å²) < 4.78 is 18.1. The van der Waals surface area contributed by atoms with Crippen LogP contribution in [0.1, 0.15) is 29.9 Å². The molecule has 0 aliphatic heterocycles. The van der Waals surface area contributed by atoms with Crippen molar-refractivity contribution in [2.24, 2.45) is 0 Å². The second kappa shape index (κ2) is 10.7. The number of carbonyl (C=O) groups excluding carboxylic acids is 1. The van der Waals surface area contributed by atoms with Gasteiger partial charge in [-0.2, -0.15) is 5.10 Å². The highest BCUT2D eigenvalue weighted by Crippen LogP contribution is 2.29. The Morgan fingerprint density at radius 3 is 2.76 bits per heavy atom. The highest BCUT2D eigenvalue weighted by molar-refractivity contribution is 6.32. The average molecular weight is 518 g/mol. The Bertz CT molecular complexity index is 1590. The Labute approximate surface area is 218 Å². The van der Waals surface area contributed by atoms with Crippen LogP contribution >= 0.6 is 11.6 Å². The molecule has 0 saturated carbocycles. The molecule has 4 aromatic heterocycles. The van der Waals surface area contributed by atoms with E-state index in [-0.39, 0.29) is 10.9 Å². The number of amides is 1. The van der Waals surface area contributed by atoms with Gasteiger partial charge in [0.05, 0.1) is 29.0 Å². The molecule has 4 heterocycles. The van der Waals surface area contributed by atoms with Crippen LogP contribution in [0.5, 0.6) is 0 Å². The van der Waals surface area contributed by atoms with Crippen molar-refractivity contribution in [3.8, 4) is 29.4 Å². The fraction of sp³-hybridized carbons (Fsp3) is 0.185. The molecule has 1 atom stereocenters. The number of halogens is 2. The van der Waals surface area contributed by atoms with E-state index < -0.39 is 11.9 Å². The average Bonchev–Trinajstić information content (AvgIpc) is 3.52. The Balaban J connectivity index is 1.82. The second-order valence-corrected chi connectivity index (χ2v) is 8.61. The monoisotopic (exact) mass is 517 g/mol. The molecule has 0 aromatic carbocycles. The lowest BCUT2D eigenvalue weighted by atomic mass is 10.1. The largest absolute Gasteiger partial charge is 0.362 e. The van der Waals surface area contributed by atoms with Gasteiger partial charge in [0, 0.05) is 36.1 Å². The maximum absolute atomic E-state index is 14.7. The van der Waals surface area contributed by atoms with Crippen molar-refractivity contribution >= 4 is 28.8 Å². The van der Waals surface area contributed by atoms with Crippen molar-refractivity contribution in [3.63, 3.8) is 0 Å². The molecule has 0 fully saturated rings. The number of nitrogens with zero attached hydrogens (tertiary/aromatic N) is 5. The number of aromatic nitrogens is 5. The van der Waals surface area contributed by atoms with Gasteiger partial charge < -0.3 is 10.6 Å². The highest BCUT2D eigenvalue weighted by atomic mass is 35.5. The summed E-state index contributed by atoms with van der Waals surface area (Å²) in [4.78, 5) is 17.0. The lowest BCUT2D eigenvalue weighted by molar-refractivity contribution is 0.0964. The highest BCUT2D eigenvalue weighted by Gasteiger charge is 2.20. The number of rotatable bonds is 7. The molecular formula is C27H25ClFN7O. The van der Waals surface area contributed by atoms with Crippen LogP contribution in [0.15, 0.2) is 71.3 Å². The van der Waals surface area contributed by atoms with E-state index in [2.05, 4.69) is 26.6 Å². The molecule has 2 N–H and O–H groups in total. The van der Waals surface area contributed by atoms with Crippen molar-refractivity contribution in [3.05, 3.63) is 82.6 Å². The third kappa shape index (κ3) is 5.10. The second-order valence-electron chi connectivity index (χ2n) is 8.23. The fourth-order valence-electron chi connectivity index (χ4n) is 3.98. The quantitative estimate of drug-likeness (QED) is 0.264. The van der Waals surface area contributed by atoms with Crippen molar-refractivity contribution < 1.29 is 9.18 Å². The van der Waals surface area contributed by atoms with Gasteiger partial charge in [-0.1, -0.05) is 29.7 Å². The Hall–Kier alpha value is -4.42. The number of terminal acetylenes is 1. The first-order valence-corrected chi connectivity index (χ1v) is 11.8. The number of allylic oxidation sites excluding steroid dienone is 2. The molecule has 37 heavy (non-hydrogen) atoms. The van der Waals surface area contributed by atoms with E-state index in [1.54, 1.807) is 42.4 Å². The molecule has 8 nitrogen and oxygen atoms in total. The van der Waals surface area contributed by atoms with Gasteiger partial charge in [-0.05, 0) is 45.0 Å². The van der Waals surface area contributed by atoms with Gasteiger partial charge in [-0.3, -0.25) is 4.79 Å². The number of hydrogen-bond acceptors (Lipinski definition) is 5. The Morgan fingerprint density at radius 1 is 1.30 bits per heavy atom. The van der Waals surface area contributed by atoms with E-state index in [1.807, 2.05) is 43.3 Å². The Morgan fingerprint density at radius 2 is 2.08 bits per heavy atom. The summed E-state index contributed by atoms with van der Waals surface area (Å²) in [7, 11) is 1.57. The minimum absolute atomic E-state index is 0.239. The normalized spacial score (nSPS) is 13.2. The van der Waals surface area contributed by atoms with Crippen LogP contribution in [-0.4, -0.2) is 43.4 Å². The van der Waals surface area contributed by atoms with E-state index in [0.29, 0.717) is 34.0 Å². The van der Waals surface area contributed by atoms with E-state index in [0.717, 1.165) is 11.3 Å². The lowest BCUT2D eigenvalue weighted by Crippen LogP contribution is -2.19. The summed E-state index contributed by atoms with van der Waals surface area (Å²) in [6, 6.07) is 10.7. The van der Waals surface area contributed by atoms with Gasteiger partial charge in [0.2, 0.25) is 0 Å². The zero-order chi connectivity index (χ0) is 26.7. The molecular weight excluding hydrogens is 493 g/mol. The predicted molar refractivity (Wildman–Crippen MR) is 143 cm³/mol. The van der Waals surface area contributed by atoms with Crippen LogP contribution in [-0.2, 0) is 0 Å². The number of carbonyl (C=O) groups is 1. The molecule has 10 heteroatoms. The molecule has 0 saturated heterocycles. The van der Waals surface area contributed by atoms with Crippen LogP contribution in [0.3, 0.4) is 0 Å². The minimum Gasteiger partial charge on any atom is -0.362 e. The van der Waals surface area contributed by atoms with E-state index in [1.165, 1.54) is 6.20 Å². The molecule has 4 aromatic rings. The van der Waals surface area contributed by atoms with Crippen LogP contribution < -0.4 is 10.6 Å². The summed E-state index contributed by atoms with van der Waals surface area (Å²) in [5, 5.41) is 14.6. The van der Waals surface area contributed by atoms with Gasteiger partial charge in [0.1, 0.15) is 10.9 Å². The number of nitrogens with one attached hydrogen (secondary N) is 2. The van der Waals surface area contributed by atoms with Crippen molar-refractivity contribution in [1.29, 1.82) is 0 Å². The first-order valence-electron chi connectivity index (χ1n) is 11.5. The summed E-state index contributed by atoms with van der Waals surface area (Å²) >= 11 is 5.86. The van der Waals surface area contributed by atoms with Crippen molar-refractivity contribution in [2.45, 2.75) is 26.8 Å². The molecule has 0 aliphatic rings. The summed E-state index contributed by atoms with van der Waals surface area (Å²) in [5.41, 5.74) is 3.70. The zero-order valence-electron chi connectivity index (χ0n) is 20.8. The van der Waals surface area contributed by atoms with Gasteiger partial charge >= 0.3 is 0 Å². The van der Waals surface area contributed by atoms with E-state index in [4.69, 9.17) is 23.1 Å². The number of aryl methyl sites for hydroxylation is 1. The number of fused-ring (bicyclic) bond motifs is 1. The van der Waals surface area contributed by atoms with Crippen molar-refractivity contribution in [2.75, 3.05) is 12.4 Å². The SMILES string of the molecule is C#C/C(Cl)=C(F)\C(=C/C)C(C)Nc1cc(-c2ccn3ncc(C(=O)NC)c3c2)n(-c2cccc(C)n2)n1. The van der Waals surface area contributed by atoms with Gasteiger partial charge in [0.15, 0.2) is 11.6 Å². The zero-order valence-corrected chi connectivity index (χ0v) is 21.5. The number of pyridine rings is 2. The molecule has 1 unspecified atom stereocenters. The van der Waals surface area contributed by atoms with Gasteiger partial charge in [0.25, 0.3) is 5.91 Å². The van der Waals surface area contributed by atoms with E-state index in [9.17, 15) is 9.18 Å². The molecule has 4 rings (SSSR count). The van der Waals surface area contributed by atoms with Gasteiger partial charge in [-0.25, -0.2) is 18.6 Å². The third-order valence-electron chi connectivity index (χ3n) is 5.80. The third-order valence-corrected chi connectivity index (χ3v) is 6.08.